The molecule has 12 heavy (non-hydrogen) atoms. The van der Waals surface area contributed by atoms with E-state index in [9.17, 15) is 4.79 Å². The Morgan fingerprint density at radius 2 is 2.17 bits per heavy atom. The van der Waals surface area contributed by atoms with E-state index < -0.39 is 0 Å². The molecule has 4 nitrogen and oxygen atoms in total. The first-order chi connectivity index (χ1) is 5.27. The molecule has 4 N–H and O–H groups in total. The molecule has 0 radical (unpaired) electrons. The molecule has 0 aliphatic rings. The minimum absolute atomic E-state index is 0. The molecule has 5 heteroatoms. The summed E-state index contributed by atoms with van der Waals surface area (Å²) in [7, 11) is 0. The molecule has 2 aromatic rings. The normalized spacial score (nSPS) is 9.67. The van der Waals surface area contributed by atoms with Crippen LogP contribution in [-0.4, -0.2) is 9.97 Å². The van der Waals surface area contributed by atoms with Crippen LogP contribution < -0.4 is 11.3 Å². The van der Waals surface area contributed by atoms with Gasteiger partial charge in [-0.1, -0.05) is 0 Å². The molecule has 0 unspecified atom stereocenters. The summed E-state index contributed by atoms with van der Waals surface area (Å²) in [5, 5.41) is 0.919. The number of nitrogens with two attached hydrogens (primary N) is 1. The van der Waals surface area contributed by atoms with Crippen LogP contribution in [0.5, 0.6) is 0 Å². The second kappa shape index (κ2) is 2.91. The highest BCUT2D eigenvalue weighted by atomic mass is 35.5. The average Bonchev–Trinajstić information content (AvgIpc) is 2.36. The van der Waals surface area contributed by atoms with Crippen LogP contribution in [0.4, 0.5) is 5.69 Å². The number of nitrogens with one attached hydrogen (secondary N) is 2. The van der Waals surface area contributed by atoms with E-state index in [1.807, 2.05) is 6.07 Å². The van der Waals surface area contributed by atoms with E-state index in [4.69, 9.17) is 5.73 Å². The fourth-order valence-corrected chi connectivity index (χ4v) is 1.03. The second-order valence-corrected chi connectivity index (χ2v) is 2.36. The van der Waals surface area contributed by atoms with Crippen molar-refractivity contribution in [1.29, 1.82) is 0 Å². The molecule has 64 valence electrons. The summed E-state index contributed by atoms with van der Waals surface area (Å²) in [5.74, 6) is 0. The number of H-pyrrole nitrogens is 2. The van der Waals surface area contributed by atoms with Gasteiger partial charge in [0, 0.05) is 11.6 Å². The van der Waals surface area contributed by atoms with Crippen LogP contribution in [-0.2, 0) is 0 Å². The number of rotatable bonds is 0. The molecule has 0 aliphatic heterocycles. The van der Waals surface area contributed by atoms with Crippen molar-refractivity contribution < 1.29 is 0 Å². The zero-order valence-corrected chi connectivity index (χ0v) is 6.94. The van der Waals surface area contributed by atoms with E-state index >= 15 is 0 Å². The maximum atomic E-state index is 10.9. The topological polar surface area (TPSA) is 74.7 Å². The quantitative estimate of drug-likeness (QED) is 0.570. The minimum Gasteiger partial charge on any atom is -0.394 e. The van der Waals surface area contributed by atoms with Crippen LogP contribution in [0.15, 0.2) is 23.1 Å². The second-order valence-electron chi connectivity index (χ2n) is 2.36. The van der Waals surface area contributed by atoms with Crippen LogP contribution in [0, 0.1) is 0 Å². The zero-order chi connectivity index (χ0) is 7.84. The summed E-state index contributed by atoms with van der Waals surface area (Å²) in [6.45, 7) is 0. The maximum Gasteiger partial charge on any atom is 0.272 e. The highest BCUT2D eigenvalue weighted by molar-refractivity contribution is 5.85. The van der Waals surface area contributed by atoms with E-state index in [0.717, 1.165) is 5.39 Å². The van der Waals surface area contributed by atoms with Gasteiger partial charge in [0.2, 0.25) is 0 Å². The van der Waals surface area contributed by atoms with Crippen molar-refractivity contribution in [2.75, 3.05) is 5.73 Å². The molecule has 2 rings (SSSR count). The molecule has 0 saturated heterocycles. The first-order valence-corrected chi connectivity index (χ1v) is 3.23. The number of anilines is 1. The molecule has 0 bridgehead atoms. The van der Waals surface area contributed by atoms with E-state index in [2.05, 4.69) is 9.97 Å². The molecule has 0 fully saturated rings. The number of aromatic nitrogens is 2. The Hall–Kier alpha value is -1.42. The van der Waals surface area contributed by atoms with Gasteiger partial charge in [-0.3, -0.25) is 4.79 Å². The van der Waals surface area contributed by atoms with Gasteiger partial charge in [0.1, 0.15) is 5.65 Å². The van der Waals surface area contributed by atoms with Gasteiger partial charge in [-0.05, 0) is 12.1 Å². The molecule has 0 aliphatic carbocycles. The van der Waals surface area contributed by atoms with Gasteiger partial charge in [-0.15, -0.1) is 12.4 Å². The van der Waals surface area contributed by atoms with Gasteiger partial charge in [0.25, 0.3) is 5.56 Å². The van der Waals surface area contributed by atoms with E-state index in [1.165, 1.54) is 0 Å². The van der Waals surface area contributed by atoms with E-state index in [-0.39, 0.29) is 23.7 Å². The van der Waals surface area contributed by atoms with Crippen LogP contribution >= 0.6 is 12.4 Å². The Balaban J connectivity index is 0.000000720. The lowest BCUT2D eigenvalue weighted by Gasteiger charge is -1.91. The number of nitrogen functional groups attached to an aromatic ring is 1. The first kappa shape index (κ1) is 8.67. The van der Waals surface area contributed by atoms with Crippen molar-refractivity contribution in [2.45, 2.75) is 0 Å². The van der Waals surface area contributed by atoms with Crippen LogP contribution in [0.2, 0.25) is 0 Å². The third-order valence-corrected chi connectivity index (χ3v) is 1.59. The van der Waals surface area contributed by atoms with Gasteiger partial charge >= 0.3 is 0 Å². The lowest BCUT2D eigenvalue weighted by molar-refractivity contribution is 1.26. The fourth-order valence-electron chi connectivity index (χ4n) is 1.03. The lowest BCUT2D eigenvalue weighted by atomic mass is 10.3. The SMILES string of the molecule is Cl.Nc1cc2cc[nH]c2[nH]c1=O. The summed E-state index contributed by atoms with van der Waals surface area (Å²) < 4.78 is 0. The first-order valence-electron chi connectivity index (χ1n) is 3.23. The Bertz CT molecular complexity index is 445. The van der Waals surface area contributed by atoms with Gasteiger partial charge in [0.15, 0.2) is 0 Å². The molecule has 2 aromatic heterocycles. The van der Waals surface area contributed by atoms with E-state index in [0.29, 0.717) is 5.65 Å². The number of pyridine rings is 1. The van der Waals surface area contributed by atoms with Crippen molar-refractivity contribution >= 4 is 29.1 Å². The van der Waals surface area contributed by atoms with Crippen molar-refractivity contribution in [2.24, 2.45) is 0 Å². The van der Waals surface area contributed by atoms with Crippen molar-refractivity contribution in [3.8, 4) is 0 Å². The Kier molecular flexibility index (Phi) is 2.10. The van der Waals surface area contributed by atoms with Crippen molar-refractivity contribution in [1.82, 2.24) is 9.97 Å². The van der Waals surface area contributed by atoms with Crippen molar-refractivity contribution in [3.05, 3.63) is 28.7 Å². The van der Waals surface area contributed by atoms with Crippen LogP contribution in [0.25, 0.3) is 11.0 Å². The standard InChI is InChI=1S/C7H7N3O.ClH/c8-5-3-4-1-2-9-6(4)10-7(5)11;/h1-3H,8H2,(H2,9,10,11);1H. The third kappa shape index (κ3) is 1.16. The summed E-state index contributed by atoms with van der Waals surface area (Å²) in [4.78, 5) is 16.4. The van der Waals surface area contributed by atoms with Gasteiger partial charge in [-0.2, -0.15) is 0 Å². The molecule has 0 amide bonds. The molecule has 2 heterocycles. The van der Waals surface area contributed by atoms with Gasteiger partial charge in [0.05, 0.1) is 5.69 Å². The highest BCUT2D eigenvalue weighted by Gasteiger charge is 1.97. The number of hydrogen-bond donors (Lipinski definition) is 3. The van der Waals surface area contributed by atoms with E-state index in [1.54, 1.807) is 12.3 Å². The predicted molar refractivity (Wildman–Crippen MR) is 50.6 cm³/mol. The molecule has 0 aromatic carbocycles. The zero-order valence-electron chi connectivity index (χ0n) is 6.13. The lowest BCUT2D eigenvalue weighted by Crippen LogP contribution is -2.10. The highest BCUT2D eigenvalue weighted by Crippen LogP contribution is 2.08. The van der Waals surface area contributed by atoms with Crippen LogP contribution in [0.3, 0.4) is 0 Å². The summed E-state index contributed by atoms with van der Waals surface area (Å²) in [6.07, 6.45) is 1.75. The molecule has 0 atom stereocenters. The van der Waals surface area contributed by atoms with Crippen LogP contribution in [0.1, 0.15) is 0 Å². The Morgan fingerprint density at radius 3 is 2.92 bits per heavy atom. The molecular weight excluding hydrogens is 178 g/mol. The fraction of sp³-hybridized carbons (Fsp3) is 0. The minimum atomic E-state index is -0.250. The smallest absolute Gasteiger partial charge is 0.272 e. The summed E-state index contributed by atoms with van der Waals surface area (Å²) in [5.41, 5.74) is 6.10. The van der Waals surface area contributed by atoms with Gasteiger partial charge < -0.3 is 15.7 Å². The number of aromatic amines is 2. The largest absolute Gasteiger partial charge is 0.394 e. The number of hydrogen-bond acceptors (Lipinski definition) is 2. The Morgan fingerprint density at radius 1 is 1.42 bits per heavy atom. The molecule has 0 spiro atoms. The number of fused-ring (bicyclic) bond motifs is 1. The number of halogens is 1. The molecular formula is C7H8ClN3O. The third-order valence-electron chi connectivity index (χ3n) is 1.59. The predicted octanol–water partition coefficient (Wildman–Crippen LogP) is 0.860. The maximum absolute atomic E-state index is 10.9. The molecule has 0 saturated carbocycles. The Labute approximate surface area is 74.2 Å². The van der Waals surface area contributed by atoms with Gasteiger partial charge in [-0.25, -0.2) is 0 Å². The van der Waals surface area contributed by atoms with Crippen molar-refractivity contribution in [3.63, 3.8) is 0 Å². The monoisotopic (exact) mass is 185 g/mol. The summed E-state index contributed by atoms with van der Waals surface area (Å²) in [6, 6.07) is 3.49. The summed E-state index contributed by atoms with van der Waals surface area (Å²) >= 11 is 0. The average molecular weight is 186 g/mol.